The first-order valence-electron chi connectivity index (χ1n) is 14.2. The van der Waals surface area contributed by atoms with E-state index in [2.05, 4.69) is 12.6 Å². The van der Waals surface area contributed by atoms with Gasteiger partial charge in [0.1, 0.15) is 23.1 Å². The molecular weight excluding hydrogens is 580 g/mol. The predicted octanol–water partition coefficient (Wildman–Crippen LogP) is 6.20. The summed E-state index contributed by atoms with van der Waals surface area (Å²) in [6.07, 6.45) is 5.54. The molecule has 0 radical (unpaired) electrons. The van der Waals surface area contributed by atoms with Gasteiger partial charge in [-0.3, -0.25) is 14.2 Å². The summed E-state index contributed by atoms with van der Waals surface area (Å²) < 4.78 is 28.3. The highest BCUT2D eigenvalue weighted by atomic mass is 32.1. The molecule has 7 nitrogen and oxygen atoms in total. The smallest absolute Gasteiger partial charge is 0.272 e. The molecule has 1 aromatic carbocycles. The van der Waals surface area contributed by atoms with E-state index in [0.29, 0.717) is 66.2 Å². The van der Waals surface area contributed by atoms with Crippen LogP contribution in [0.15, 0.2) is 94.9 Å². The normalized spacial score (nSPS) is 14.1. The lowest BCUT2D eigenvalue weighted by Gasteiger charge is -2.37. The molecule has 0 bridgehead atoms. The number of nitrogens with zero attached hydrogens (tertiary/aromatic N) is 5. The standard InChI is InChI=1S/C34H31F2N5O2S/c1-3-24(7-6-23(2)35)22-41-32-28(15-14-27(38-32)13-10-25-8-11-26(36)12-9-25)31(29(21-37)33(41)42)39-16-18-40(19-17-39)34(43)30-5-4-20-44-30/h3-9,11-12,14-15,20H,1,10,13,16-19,22H2,2H3/b23-6+,24-7+. The van der Waals surface area contributed by atoms with Gasteiger partial charge in [-0.1, -0.05) is 36.9 Å². The van der Waals surface area contributed by atoms with Crippen molar-refractivity contribution in [2.75, 3.05) is 31.1 Å². The lowest BCUT2D eigenvalue weighted by atomic mass is 10.1. The zero-order valence-electron chi connectivity index (χ0n) is 24.3. The van der Waals surface area contributed by atoms with Gasteiger partial charge in [-0.2, -0.15) is 5.26 Å². The minimum absolute atomic E-state index is 0.0166. The fourth-order valence-electron chi connectivity index (χ4n) is 5.26. The van der Waals surface area contributed by atoms with Crippen molar-refractivity contribution < 1.29 is 13.6 Å². The van der Waals surface area contributed by atoms with Gasteiger partial charge in [-0.15, -0.1) is 11.3 Å². The highest BCUT2D eigenvalue weighted by Gasteiger charge is 2.28. The second-order valence-electron chi connectivity index (χ2n) is 10.5. The maximum absolute atomic E-state index is 13.9. The summed E-state index contributed by atoms with van der Waals surface area (Å²) in [6.45, 7) is 6.93. The largest absolute Gasteiger partial charge is 0.366 e. The number of hydrogen-bond donors (Lipinski definition) is 0. The summed E-state index contributed by atoms with van der Waals surface area (Å²) in [4.78, 5) is 36.2. The van der Waals surface area contributed by atoms with Crippen molar-refractivity contribution >= 4 is 34.0 Å². The van der Waals surface area contributed by atoms with Crippen LogP contribution >= 0.6 is 11.3 Å². The van der Waals surface area contributed by atoms with Gasteiger partial charge >= 0.3 is 0 Å². The van der Waals surface area contributed by atoms with Crippen molar-refractivity contribution in [1.82, 2.24) is 14.5 Å². The van der Waals surface area contributed by atoms with Gasteiger partial charge in [0.25, 0.3) is 11.5 Å². The van der Waals surface area contributed by atoms with E-state index >= 15 is 0 Å². The van der Waals surface area contributed by atoms with Gasteiger partial charge in [0.05, 0.1) is 22.9 Å². The van der Waals surface area contributed by atoms with Crippen LogP contribution in [0.25, 0.3) is 11.0 Å². The Balaban J connectivity index is 1.55. The minimum Gasteiger partial charge on any atom is -0.366 e. The van der Waals surface area contributed by atoms with Gasteiger partial charge in [-0.05, 0) is 72.7 Å². The Kier molecular flexibility index (Phi) is 9.46. The van der Waals surface area contributed by atoms with Crippen LogP contribution in [0.1, 0.15) is 33.4 Å². The SMILES string of the molecule is C=C/C(=C\C=C(/C)F)Cn1c(=O)c(C#N)c(N2CCN(C(=O)c3cccs3)CC2)c2ccc(CCc3ccc(F)cc3)nc21. The number of carbonyl (C=O) groups excluding carboxylic acids is 1. The van der Waals surface area contributed by atoms with Crippen LogP contribution in [0, 0.1) is 17.1 Å². The molecular formula is C34H31F2N5O2S. The van der Waals surface area contributed by atoms with Crippen LogP contribution < -0.4 is 10.5 Å². The Hall–Kier alpha value is -4.88. The van der Waals surface area contributed by atoms with Crippen molar-refractivity contribution in [3.05, 3.63) is 128 Å². The number of amides is 1. The van der Waals surface area contributed by atoms with Crippen LogP contribution in [0.2, 0.25) is 0 Å². The van der Waals surface area contributed by atoms with Crippen molar-refractivity contribution in [3.8, 4) is 6.07 Å². The molecule has 10 heteroatoms. The topological polar surface area (TPSA) is 82.2 Å². The Labute approximate surface area is 258 Å². The Morgan fingerprint density at radius 3 is 2.48 bits per heavy atom. The number of benzene rings is 1. The molecule has 224 valence electrons. The number of piperazine rings is 1. The molecule has 1 saturated heterocycles. The number of anilines is 1. The van der Waals surface area contributed by atoms with E-state index < -0.39 is 11.4 Å². The molecule has 4 aromatic rings. The summed E-state index contributed by atoms with van der Waals surface area (Å²) in [6, 6.07) is 15.8. The lowest BCUT2D eigenvalue weighted by Crippen LogP contribution is -2.49. The van der Waals surface area contributed by atoms with Gasteiger partial charge in [0, 0.05) is 37.3 Å². The summed E-state index contributed by atoms with van der Waals surface area (Å²) in [5, 5.41) is 12.7. The second-order valence-corrected chi connectivity index (χ2v) is 11.4. The van der Waals surface area contributed by atoms with Crippen molar-refractivity contribution in [3.63, 3.8) is 0 Å². The van der Waals surface area contributed by atoms with E-state index in [9.17, 15) is 23.6 Å². The molecule has 1 amide bonds. The monoisotopic (exact) mass is 611 g/mol. The number of aromatic nitrogens is 2. The van der Waals surface area contributed by atoms with E-state index in [0.717, 1.165) is 11.3 Å². The highest BCUT2D eigenvalue weighted by molar-refractivity contribution is 7.12. The number of aryl methyl sites for hydroxylation is 2. The molecule has 3 aromatic heterocycles. The van der Waals surface area contributed by atoms with Gasteiger partial charge in [0.15, 0.2) is 0 Å². The fourth-order valence-corrected chi connectivity index (χ4v) is 5.95. The third-order valence-electron chi connectivity index (χ3n) is 7.58. The Morgan fingerprint density at radius 2 is 1.84 bits per heavy atom. The number of hydrogen-bond acceptors (Lipinski definition) is 6. The average molecular weight is 612 g/mol. The van der Waals surface area contributed by atoms with Crippen LogP contribution in [0.4, 0.5) is 14.5 Å². The van der Waals surface area contributed by atoms with Crippen LogP contribution in [-0.2, 0) is 19.4 Å². The van der Waals surface area contributed by atoms with E-state index in [-0.39, 0.29) is 23.8 Å². The van der Waals surface area contributed by atoms with E-state index in [4.69, 9.17) is 4.98 Å². The average Bonchev–Trinajstić information content (AvgIpc) is 3.58. The second kappa shape index (κ2) is 13.6. The molecule has 1 fully saturated rings. The third kappa shape index (κ3) is 6.68. The minimum atomic E-state index is -0.510. The zero-order valence-corrected chi connectivity index (χ0v) is 25.1. The van der Waals surface area contributed by atoms with Gasteiger partial charge in [0.2, 0.25) is 0 Å². The number of fused-ring (bicyclic) bond motifs is 1. The van der Waals surface area contributed by atoms with Crippen LogP contribution in [0.5, 0.6) is 0 Å². The third-order valence-corrected chi connectivity index (χ3v) is 8.44. The quantitative estimate of drug-likeness (QED) is 0.211. The molecule has 0 atom stereocenters. The number of halogens is 2. The zero-order chi connectivity index (χ0) is 31.2. The molecule has 0 N–H and O–H groups in total. The first-order chi connectivity index (χ1) is 21.3. The summed E-state index contributed by atoms with van der Waals surface area (Å²) in [7, 11) is 0. The molecule has 1 aliphatic heterocycles. The first kappa shape index (κ1) is 30.6. The van der Waals surface area contributed by atoms with E-state index in [1.54, 1.807) is 35.3 Å². The van der Waals surface area contributed by atoms with Crippen molar-refractivity contribution in [2.45, 2.75) is 26.3 Å². The van der Waals surface area contributed by atoms with Gasteiger partial charge in [-0.25, -0.2) is 13.8 Å². The van der Waals surface area contributed by atoms with Gasteiger partial charge < -0.3 is 9.80 Å². The summed E-state index contributed by atoms with van der Waals surface area (Å²) >= 11 is 1.40. The molecule has 0 unspecified atom stereocenters. The highest BCUT2D eigenvalue weighted by Crippen LogP contribution is 2.30. The number of pyridine rings is 2. The maximum atomic E-state index is 13.9. The summed E-state index contributed by atoms with van der Waals surface area (Å²) in [5.74, 6) is -0.732. The van der Waals surface area contributed by atoms with E-state index in [1.807, 2.05) is 28.5 Å². The maximum Gasteiger partial charge on any atom is 0.272 e. The van der Waals surface area contributed by atoms with Crippen LogP contribution in [0.3, 0.4) is 0 Å². The number of nitriles is 1. The lowest BCUT2D eigenvalue weighted by molar-refractivity contribution is 0.0751. The molecule has 44 heavy (non-hydrogen) atoms. The van der Waals surface area contributed by atoms with Crippen LogP contribution in [-0.4, -0.2) is 46.5 Å². The molecule has 4 heterocycles. The number of allylic oxidation sites excluding steroid dienone is 5. The Bertz CT molecular complexity index is 1840. The number of carbonyl (C=O) groups is 1. The first-order valence-corrected chi connectivity index (χ1v) is 15.1. The molecule has 0 saturated carbocycles. The molecule has 0 aliphatic carbocycles. The van der Waals surface area contributed by atoms with Crippen molar-refractivity contribution in [2.24, 2.45) is 0 Å². The van der Waals surface area contributed by atoms with E-state index in [1.165, 1.54) is 41.0 Å². The Morgan fingerprint density at radius 1 is 1.09 bits per heavy atom. The molecule has 0 spiro atoms. The molecule has 5 rings (SSSR count). The molecule has 1 aliphatic rings. The summed E-state index contributed by atoms with van der Waals surface area (Å²) in [5.41, 5.74) is 2.61. The number of thiophene rings is 1. The predicted molar refractivity (Wildman–Crippen MR) is 170 cm³/mol. The van der Waals surface area contributed by atoms with Crippen molar-refractivity contribution in [1.29, 1.82) is 5.26 Å². The number of rotatable bonds is 9. The fraction of sp³-hybridized carbons (Fsp3) is 0.235.